The normalized spacial score (nSPS) is 12.9. The number of carbonyl (C=O) groups is 1. The summed E-state index contributed by atoms with van der Waals surface area (Å²) in [5.74, 6) is 0.894. The quantitative estimate of drug-likeness (QED) is 0.899. The fourth-order valence-electron chi connectivity index (χ4n) is 2.19. The van der Waals surface area contributed by atoms with Gasteiger partial charge in [-0.2, -0.15) is 0 Å². The van der Waals surface area contributed by atoms with Crippen LogP contribution in [-0.4, -0.2) is 19.1 Å². The average Bonchev–Trinajstić information content (AvgIpc) is 2.51. The number of ether oxygens (including phenoxy) is 2. The molecule has 0 bridgehead atoms. The highest BCUT2D eigenvalue weighted by Crippen LogP contribution is 2.34. The number of para-hydroxylation sites is 1. The van der Waals surface area contributed by atoms with Gasteiger partial charge in [0.2, 0.25) is 0 Å². The molecule has 3 rings (SSSR count). The van der Waals surface area contributed by atoms with Crippen molar-refractivity contribution in [2.45, 2.75) is 6.92 Å². The van der Waals surface area contributed by atoms with Crippen molar-refractivity contribution in [2.75, 3.05) is 18.5 Å². The van der Waals surface area contributed by atoms with E-state index in [4.69, 9.17) is 9.47 Å². The van der Waals surface area contributed by atoms with E-state index in [1.807, 2.05) is 25.1 Å². The van der Waals surface area contributed by atoms with E-state index >= 15 is 0 Å². The van der Waals surface area contributed by atoms with Crippen molar-refractivity contribution in [2.24, 2.45) is 0 Å². The van der Waals surface area contributed by atoms with Gasteiger partial charge in [-0.05, 0) is 46.6 Å². The molecule has 2 aromatic rings. The minimum absolute atomic E-state index is 0.219. The van der Waals surface area contributed by atoms with Crippen molar-refractivity contribution in [1.82, 2.24) is 0 Å². The monoisotopic (exact) mass is 347 g/mol. The van der Waals surface area contributed by atoms with Gasteiger partial charge in [0, 0.05) is 4.47 Å². The van der Waals surface area contributed by atoms with Crippen LogP contribution >= 0.6 is 15.9 Å². The summed E-state index contributed by atoms with van der Waals surface area (Å²) in [6, 6.07) is 11.0. The van der Waals surface area contributed by atoms with Gasteiger partial charge >= 0.3 is 0 Å². The zero-order valence-corrected chi connectivity index (χ0v) is 13.1. The number of benzene rings is 2. The topological polar surface area (TPSA) is 47.6 Å². The Labute approximate surface area is 131 Å². The molecular weight excluding hydrogens is 334 g/mol. The van der Waals surface area contributed by atoms with Crippen LogP contribution in [0, 0.1) is 6.92 Å². The Bertz CT molecular complexity index is 700. The molecular formula is C16H14BrNO3. The first-order valence-corrected chi connectivity index (χ1v) is 7.41. The predicted molar refractivity (Wildman–Crippen MR) is 84.3 cm³/mol. The molecule has 1 amide bonds. The Morgan fingerprint density at radius 1 is 1.14 bits per heavy atom. The molecule has 0 aliphatic carbocycles. The number of fused-ring (bicyclic) bond motifs is 1. The summed E-state index contributed by atoms with van der Waals surface area (Å²) < 4.78 is 11.9. The van der Waals surface area contributed by atoms with E-state index in [2.05, 4.69) is 21.2 Å². The lowest BCUT2D eigenvalue weighted by molar-refractivity contribution is 0.101. The first-order valence-electron chi connectivity index (χ1n) is 6.62. The molecule has 0 fully saturated rings. The van der Waals surface area contributed by atoms with E-state index in [1.54, 1.807) is 18.2 Å². The van der Waals surface area contributed by atoms with Crippen LogP contribution < -0.4 is 14.8 Å². The van der Waals surface area contributed by atoms with Gasteiger partial charge in [0.15, 0.2) is 11.5 Å². The van der Waals surface area contributed by atoms with Crippen molar-refractivity contribution in [3.8, 4) is 11.5 Å². The number of amides is 1. The maximum atomic E-state index is 12.5. The number of anilines is 1. The van der Waals surface area contributed by atoms with Crippen molar-refractivity contribution >= 4 is 27.5 Å². The van der Waals surface area contributed by atoms with Gasteiger partial charge in [-0.3, -0.25) is 4.79 Å². The van der Waals surface area contributed by atoms with Crippen LogP contribution in [0.2, 0.25) is 0 Å². The maximum absolute atomic E-state index is 12.5. The SMILES string of the molecule is Cc1cccc(NC(=O)c2cccc3c2OCCO3)c1Br. The molecule has 4 nitrogen and oxygen atoms in total. The van der Waals surface area contributed by atoms with E-state index in [9.17, 15) is 4.79 Å². The third-order valence-electron chi connectivity index (χ3n) is 3.25. The van der Waals surface area contributed by atoms with Crippen molar-refractivity contribution in [3.63, 3.8) is 0 Å². The summed E-state index contributed by atoms with van der Waals surface area (Å²) in [5, 5.41) is 2.90. The molecule has 21 heavy (non-hydrogen) atoms. The summed E-state index contributed by atoms with van der Waals surface area (Å²) in [6.07, 6.45) is 0. The molecule has 5 heteroatoms. The number of rotatable bonds is 2. The smallest absolute Gasteiger partial charge is 0.259 e. The second-order valence-electron chi connectivity index (χ2n) is 4.72. The van der Waals surface area contributed by atoms with Gasteiger partial charge in [-0.15, -0.1) is 0 Å². The van der Waals surface area contributed by atoms with Crippen LogP contribution in [0.3, 0.4) is 0 Å². The highest BCUT2D eigenvalue weighted by atomic mass is 79.9. The molecule has 108 valence electrons. The molecule has 0 saturated carbocycles. The largest absolute Gasteiger partial charge is 0.486 e. The highest BCUT2D eigenvalue weighted by molar-refractivity contribution is 9.10. The summed E-state index contributed by atoms with van der Waals surface area (Å²) in [4.78, 5) is 12.5. The zero-order valence-electron chi connectivity index (χ0n) is 11.5. The fourth-order valence-corrected chi connectivity index (χ4v) is 2.55. The van der Waals surface area contributed by atoms with E-state index in [0.717, 1.165) is 15.7 Å². The third-order valence-corrected chi connectivity index (χ3v) is 4.30. The molecule has 1 heterocycles. The van der Waals surface area contributed by atoms with Crippen LogP contribution in [0.1, 0.15) is 15.9 Å². The van der Waals surface area contributed by atoms with E-state index in [1.165, 1.54) is 0 Å². The Morgan fingerprint density at radius 3 is 2.76 bits per heavy atom. The van der Waals surface area contributed by atoms with Crippen LogP contribution in [0.5, 0.6) is 11.5 Å². The summed E-state index contributed by atoms with van der Waals surface area (Å²) in [6.45, 7) is 2.92. The van der Waals surface area contributed by atoms with Gasteiger partial charge in [0.1, 0.15) is 13.2 Å². The molecule has 1 aliphatic heterocycles. The lowest BCUT2D eigenvalue weighted by Crippen LogP contribution is -2.20. The number of aryl methyl sites for hydroxylation is 1. The van der Waals surface area contributed by atoms with E-state index < -0.39 is 0 Å². The predicted octanol–water partition coefficient (Wildman–Crippen LogP) is 3.78. The highest BCUT2D eigenvalue weighted by Gasteiger charge is 2.20. The molecule has 0 radical (unpaired) electrons. The van der Waals surface area contributed by atoms with Crippen molar-refractivity contribution < 1.29 is 14.3 Å². The van der Waals surface area contributed by atoms with Crippen LogP contribution in [0.15, 0.2) is 40.9 Å². The maximum Gasteiger partial charge on any atom is 0.259 e. The average molecular weight is 348 g/mol. The molecule has 0 atom stereocenters. The Balaban J connectivity index is 1.91. The van der Waals surface area contributed by atoms with Gasteiger partial charge in [-0.1, -0.05) is 18.2 Å². The second kappa shape index (κ2) is 5.77. The first-order chi connectivity index (χ1) is 10.2. The number of carbonyl (C=O) groups excluding carboxylic acids is 1. The number of nitrogens with one attached hydrogen (secondary N) is 1. The van der Waals surface area contributed by atoms with Crippen molar-refractivity contribution in [3.05, 3.63) is 52.0 Å². The molecule has 2 aromatic carbocycles. The molecule has 0 saturated heterocycles. The molecule has 0 unspecified atom stereocenters. The van der Waals surface area contributed by atoms with Crippen LogP contribution in [0.25, 0.3) is 0 Å². The number of hydrogen-bond donors (Lipinski definition) is 1. The van der Waals surface area contributed by atoms with Crippen LogP contribution in [-0.2, 0) is 0 Å². The van der Waals surface area contributed by atoms with E-state index in [0.29, 0.717) is 30.3 Å². The minimum Gasteiger partial charge on any atom is -0.486 e. The lowest BCUT2D eigenvalue weighted by Gasteiger charge is -2.20. The first kappa shape index (κ1) is 13.9. The van der Waals surface area contributed by atoms with Gasteiger partial charge in [0.25, 0.3) is 5.91 Å². The van der Waals surface area contributed by atoms with Gasteiger partial charge in [-0.25, -0.2) is 0 Å². The summed E-state index contributed by atoms with van der Waals surface area (Å²) in [5.41, 5.74) is 2.26. The van der Waals surface area contributed by atoms with Gasteiger partial charge in [0.05, 0.1) is 11.3 Å². The molecule has 1 N–H and O–H groups in total. The van der Waals surface area contributed by atoms with Crippen molar-refractivity contribution in [1.29, 1.82) is 0 Å². The lowest BCUT2D eigenvalue weighted by atomic mass is 10.1. The second-order valence-corrected chi connectivity index (χ2v) is 5.51. The third kappa shape index (κ3) is 2.74. The Morgan fingerprint density at radius 2 is 1.90 bits per heavy atom. The van der Waals surface area contributed by atoms with E-state index in [-0.39, 0.29) is 5.91 Å². The van der Waals surface area contributed by atoms with Gasteiger partial charge < -0.3 is 14.8 Å². The summed E-state index contributed by atoms with van der Waals surface area (Å²) >= 11 is 3.49. The Hall–Kier alpha value is -2.01. The number of hydrogen-bond acceptors (Lipinski definition) is 3. The molecule has 1 aliphatic rings. The van der Waals surface area contributed by atoms with Crippen LogP contribution in [0.4, 0.5) is 5.69 Å². The molecule has 0 spiro atoms. The fraction of sp³-hybridized carbons (Fsp3) is 0.188. The Kier molecular flexibility index (Phi) is 3.84. The zero-order chi connectivity index (χ0) is 14.8. The summed E-state index contributed by atoms with van der Waals surface area (Å²) in [7, 11) is 0. The standard InChI is InChI=1S/C16H14BrNO3/c1-10-4-2-6-12(14(10)17)18-16(19)11-5-3-7-13-15(11)21-9-8-20-13/h2-7H,8-9H2,1H3,(H,18,19). The molecule has 0 aromatic heterocycles. The number of halogens is 1. The minimum atomic E-state index is -0.219.